The van der Waals surface area contributed by atoms with Gasteiger partial charge in [-0.05, 0) is 44.0 Å². The van der Waals surface area contributed by atoms with Crippen molar-refractivity contribution in [1.29, 1.82) is 0 Å². The highest BCUT2D eigenvalue weighted by Gasteiger charge is 2.20. The minimum Gasteiger partial charge on any atom is -0.478 e. The van der Waals surface area contributed by atoms with E-state index in [4.69, 9.17) is 0 Å². The molecule has 0 spiro atoms. The number of carboxylic acid groups (broad SMARTS) is 1. The molecule has 0 bridgehead atoms. The second kappa shape index (κ2) is 6.43. The van der Waals surface area contributed by atoms with Gasteiger partial charge in [-0.2, -0.15) is 0 Å². The standard InChI is InChI=1S/C20H20N2O3/c1-12-7-6-9-16(13(12)2)21-18(23)11-22-14(3)19(20(24)25)15-8-4-5-10-17(15)22/h4-10H,11H2,1-3H3,(H,21,23)(H,24,25). The first kappa shape index (κ1) is 16.8. The Hall–Kier alpha value is -3.08. The summed E-state index contributed by atoms with van der Waals surface area (Å²) in [5, 5.41) is 13.1. The van der Waals surface area contributed by atoms with E-state index in [1.165, 1.54) is 0 Å². The summed E-state index contributed by atoms with van der Waals surface area (Å²) in [4.78, 5) is 24.1. The minimum absolute atomic E-state index is 0.0625. The molecule has 0 atom stereocenters. The van der Waals surface area contributed by atoms with Crippen LogP contribution in [-0.4, -0.2) is 21.6 Å². The van der Waals surface area contributed by atoms with Crippen LogP contribution in [0.3, 0.4) is 0 Å². The molecular formula is C20H20N2O3. The van der Waals surface area contributed by atoms with Gasteiger partial charge in [-0.1, -0.05) is 30.3 Å². The van der Waals surface area contributed by atoms with E-state index in [1.807, 2.05) is 44.2 Å². The maximum atomic E-state index is 12.5. The molecule has 128 valence electrons. The zero-order valence-corrected chi connectivity index (χ0v) is 14.5. The second-order valence-electron chi connectivity index (χ2n) is 6.16. The maximum absolute atomic E-state index is 12.5. The van der Waals surface area contributed by atoms with Crippen molar-refractivity contribution in [3.63, 3.8) is 0 Å². The van der Waals surface area contributed by atoms with Crippen LogP contribution < -0.4 is 5.32 Å². The van der Waals surface area contributed by atoms with Crippen molar-refractivity contribution in [3.05, 3.63) is 64.8 Å². The van der Waals surface area contributed by atoms with Crippen molar-refractivity contribution in [1.82, 2.24) is 4.57 Å². The molecular weight excluding hydrogens is 316 g/mol. The van der Waals surface area contributed by atoms with E-state index in [0.29, 0.717) is 11.1 Å². The van der Waals surface area contributed by atoms with Gasteiger partial charge in [0.05, 0.1) is 5.56 Å². The fourth-order valence-corrected chi connectivity index (χ4v) is 3.12. The number of para-hydroxylation sites is 1. The number of carbonyl (C=O) groups is 2. The first-order chi connectivity index (χ1) is 11.9. The quantitative estimate of drug-likeness (QED) is 0.759. The Morgan fingerprint density at radius 2 is 1.76 bits per heavy atom. The summed E-state index contributed by atoms with van der Waals surface area (Å²) in [6.45, 7) is 5.75. The number of benzene rings is 2. The van der Waals surface area contributed by atoms with E-state index in [2.05, 4.69) is 5.32 Å². The van der Waals surface area contributed by atoms with Crippen molar-refractivity contribution < 1.29 is 14.7 Å². The van der Waals surface area contributed by atoms with Gasteiger partial charge in [0.2, 0.25) is 5.91 Å². The highest BCUT2D eigenvalue weighted by atomic mass is 16.4. The van der Waals surface area contributed by atoms with Crippen LogP contribution in [0.15, 0.2) is 42.5 Å². The van der Waals surface area contributed by atoms with Gasteiger partial charge in [0.25, 0.3) is 0 Å². The van der Waals surface area contributed by atoms with Crippen LogP contribution in [0.25, 0.3) is 10.9 Å². The Balaban J connectivity index is 1.95. The topological polar surface area (TPSA) is 71.3 Å². The molecule has 2 aromatic carbocycles. The highest BCUT2D eigenvalue weighted by molar-refractivity contribution is 6.05. The second-order valence-corrected chi connectivity index (χ2v) is 6.16. The molecule has 0 aliphatic rings. The molecule has 0 saturated heterocycles. The van der Waals surface area contributed by atoms with Crippen molar-refractivity contribution in [3.8, 4) is 0 Å². The molecule has 3 rings (SSSR count). The predicted octanol–water partition coefficient (Wildman–Crippen LogP) is 3.90. The summed E-state index contributed by atoms with van der Waals surface area (Å²) in [6, 6.07) is 13.0. The monoisotopic (exact) mass is 336 g/mol. The molecule has 0 fully saturated rings. The number of rotatable bonds is 4. The van der Waals surface area contributed by atoms with Gasteiger partial charge in [-0.15, -0.1) is 0 Å². The largest absolute Gasteiger partial charge is 0.478 e. The molecule has 0 aliphatic carbocycles. The van der Waals surface area contributed by atoms with Crippen molar-refractivity contribution in [2.45, 2.75) is 27.3 Å². The number of hydrogen-bond donors (Lipinski definition) is 2. The van der Waals surface area contributed by atoms with E-state index in [0.717, 1.165) is 22.3 Å². The Morgan fingerprint density at radius 1 is 1.04 bits per heavy atom. The summed E-state index contributed by atoms with van der Waals surface area (Å²) >= 11 is 0. The summed E-state index contributed by atoms with van der Waals surface area (Å²) < 4.78 is 1.75. The highest BCUT2D eigenvalue weighted by Crippen LogP contribution is 2.26. The van der Waals surface area contributed by atoms with Crippen molar-refractivity contribution in [2.24, 2.45) is 0 Å². The molecule has 3 aromatic rings. The smallest absolute Gasteiger partial charge is 0.338 e. The molecule has 1 amide bonds. The number of anilines is 1. The van der Waals surface area contributed by atoms with Gasteiger partial charge in [0, 0.05) is 22.3 Å². The molecule has 25 heavy (non-hydrogen) atoms. The zero-order valence-electron chi connectivity index (χ0n) is 14.5. The van der Waals surface area contributed by atoms with Crippen LogP contribution in [0, 0.1) is 20.8 Å². The number of aromatic carboxylic acids is 1. The third-order valence-electron chi connectivity index (χ3n) is 4.63. The normalized spacial score (nSPS) is 10.8. The van der Waals surface area contributed by atoms with Gasteiger partial charge in [-0.3, -0.25) is 4.79 Å². The van der Waals surface area contributed by atoms with Gasteiger partial charge < -0.3 is 15.0 Å². The summed E-state index contributed by atoms with van der Waals surface area (Å²) in [5.41, 5.74) is 4.47. The van der Waals surface area contributed by atoms with Gasteiger partial charge in [-0.25, -0.2) is 4.79 Å². The van der Waals surface area contributed by atoms with Gasteiger partial charge in [0.1, 0.15) is 6.54 Å². The van der Waals surface area contributed by atoms with Crippen molar-refractivity contribution in [2.75, 3.05) is 5.32 Å². The van der Waals surface area contributed by atoms with Crippen LogP contribution in [0.2, 0.25) is 0 Å². The summed E-state index contributed by atoms with van der Waals surface area (Å²) in [7, 11) is 0. The molecule has 5 nitrogen and oxygen atoms in total. The van der Waals surface area contributed by atoms with Crippen LogP contribution in [0.1, 0.15) is 27.2 Å². The minimum atomic E-state index is -0.984. The number of nitrogens with one attached hydrogen (secondary N) is 1. The number of carboxylic acids is 1. The number of carbonyl (C=O) groups excluding carboxylic acids is 1. The fourth-order valence-electron chi connectivity index (χ4n) is 3.12. The van der Waals surface area contributed by atoms with Crippen LogP contribution in [0.5, 0.6) is 0 Å². The van der Waals surface area contributed by atoms with E-state index in [1.54, 1.807) is 23.6 Å². The fraction of sp³-hybridized carbons (Fsp3) is 0.200. The molecule has 0 unspecified atom stereocenters. The maximum Gasteiger partial charge on any atom is 0.338 e. The lowest BCUT2D eigenvalue weighted by atomic mass is 10.1. The Bertz CT molecular complexity index is 986. The average molecular weight is 336 g/mol. The van der Waals surface area contributed by atoms with Gasteiger partial charge >= 0.3 is 5.97 Å². The molecule has 5 heteroatoms. The molecule has 2 N–H and O–H groups in total. The zero-order chi connectivity index (χ0) is 18.1. The molecule has 0 saturated carbocycles. The Kier molecular flexibility index (Phi) is 4.31. The van der Waals surface area contributed by atoms with Crippen molar-refractivity contribution >= 4 is 28.5 Å². The lowest BCUT2D eigenvalue weighted by molar-refractivity contribution is -0.116. The SMILES string of the molecule is Cc1cccc(NC(=O)Cn2c(C)c(C(=O)O)c3ccccc32)c1C. The van der Waals surface area contributed by atoms with E-state index < -0.39 is 5.97 Å². The lowest BCUT2D eigenvalue weighted by Gasteiger charge is -2.12. The van der Waals surface area contributed by atoms with E-state index >= 15 is 0 Å². The van der Waals surface area contributed by atoms with E-state index in [9.17, 15) is 14.7 Å². The van der Waals surface area contributed by atoms with E-state index in [-0.39, 0.29) is 18.0 Å². The molecule has 1 aromatic heterocycles. The number of fused-ring (bicyclic) bond motifs is 1. The first-order valence-corrected chi connectivity index (χ1v) is 8.07. The average Bonchev–Trinajstić information content (AvgIpc) is 2.84. The van der Waals surface area contributed by atoms with Gasteiger partial charge in [0.15, 0.2) is 0 Å². The molecule has 1 heterocycles. The van der Waals surface area contributed by atoms with Crippen LogP contribution in [0.4, 0.5) is 5.69 Å². The number of hydrogen-bond acceptors (Lipinski definition) is 2. The number of amides is 1. The molecule has 0 aliphatic heterocycles. The Labute approximate surface area is 145 Å². The Morgan fingerprint density at radius 3 is 2.48 bits per heavy atom. The van der Waals surface area contributed by atoms with Crippen LogP contribution >= 0.6 is 0 Å². The number of nitrogens with zero attached hydrogens (tertiary/aromatic N) is 1. The lowest BCUT2D eigenvalue weighted by Crippen LogP contribution is -2.20. The number of aryl methyl sites for hydroxylation is 1. The summed E-state index contributed by atoms with van der Waals surface area (Å²) in [5.74, 6) is -1.17. The van der Waals surface area contributed by atoms with Crippen LogP contribution in [-0.2, 0) is 11.3 Å². The number of aromatic nitrogens is 1. The third kappa shape index (κ3) is 3.01. The predicted molar refractivity (Wildman–Crippen MR) is 98.2 cm³/mol. The first-order valence-electron chi connectivity index (χ1n) is 8.07. The third-order valence-corrected chi connectivity index (χ3v) is 4.63. The summed E-state index contributed by atoms with van der Waals surface area (Å²) in [6.07, 6.45) is 0. The molecule has 0 radical (unpaired) electrons.